The van der Waals surface area contributed by atoms with Gasteiger partial charge < -0.3 is 9.42 Å². The van der Waals surface area contributed by atoms with Crippen LogP contribution in [0.3, 0.4) is 0 Å². The van der Waals surface area contributed by atoms with E-state index in [1.54, 1.807) is 0 Å². The Bertz CT molecular complexity index is 734. The molecule has 1 saturated heterocycles. The lowest BCUT2D eigenvalue weighted by Crippen LogP contribution is -2.48. The van der Waals surface area contributed by atoms with Gasteiger partial charge in [0.25, 0.3) is 0 Å². The lowest BCUT2D eigenvalue weighted by molar-refractivity contribution is -0.132. The molecule has 4 rings (SSSR count). The summed E-state index contributed by atoms with van der Waals surface area (Å²) in [5.74, 6) is 2.21. The third kappa shape index (κ3) is 4.19. The molecule has 0 unspecified atom stereocenters. The predicted octanol–water partition coefficient (Wildman–Crippen LogP) is 2.49. The number of aromatic nitrogens is 2. The molecule has 2 aromatic rings. The van der Waals surface area contributed by atoms with Crippen LogP contribution in [0.25, 0.3) is 0 Å². The average molecular weight is 361 g/mol. The van der Waals surface area contributed by atoms with Crippen LogP contribution in [0.5, 0.6) is 0 Å². The van der Waals surface area contributed by atoms with E-state index in [9.17, 15) is 4.79 Å². The monoisotopic (exact) mass is 360 g/mol. The fraction of sp³-hybridized carbons (Fsp3) is 0.500. The van der Waals surface area contributed by atoms with Crippen LogP contribution in [0.4, 0.5) is 0 Å². The van der Waals surface area contributed by atoms with Gasteiger partial charge in [-0.25, -0.2) is 0 Å². The van der Waals surface area contributed by atoms with Crippen LogP contribution in [0.1, 0.15) is 36.0 Å². The van der Waals surface area contributed by atoms with Crippen molar-refractivity contribution in [3.05, 3.63) is 46.6 Å². The molecule has 6 nitrogen and oxygen atoms in total. The minimum atomic E-state index is 0.163. The predicted molar refractivity (Wildman–Crippen MR) is 93.3 cm³/mol. The average Bonchev–Trinajstić information content (AvgIpc) is 3.37. The van der Waals surface area contributed by atoms with Crippen LogP contribution < -0.4 is 0 Å². The summed E-state index contributed by atoms with van der Waals surface area (Å²) >= 11 is 5.88. The van der Waals surface area contributed by atoms with Gasteiger partial charge in [-0.1, -0.05) is 28.9 Å². The molecule has 1 aromatic carbocycles. The third-order valence-corrected chi connectivity index (χ3v) is 5.03. The Morgan fingerprint density at radius 2 is 1.88 bits per heavy atom. The van der Waals surface area contributed by atoms with E-state index >= 15 is 0 Å². The van der Waals surface area contributed by atoms with Crippen molar-refractivity contribution in [2.45, 2.75) is 31.7 Å². The largest absolute Gasteiger partial charge is 0.340 e. The van der Waals surface area contributed by atoms with Gasteiger partial charge in [0.15, 0.2) is 5.82 Å². The second-order valence-corrected chi connectivity index (χ2v) is 7.22. The number of rotatable bonds is 5. The quantitative estimate of drug-likeness (QED) is 0.819. The molecule has 1 aliphatic heterocycles. The second kappa shape index (κ2) is 7.14. The highest BCUT2D eigenvalue weighted by Crippen LogP contribution is 2.38. The molecule has 0 spiro atoms. The zero-order valence-electron chi connectivity index (χ0n) is 14.0. The topological polar surface area (TPSA) is 62.5 Å². The van der Waals surface area contributed by atoms with Gasteiger partial charge in [0.2, 0.25) is 11.8 Å². The van der Waals surface area contributed by atoms with Crippen LogP contribution in [-0.2, 0) is 17.8 Å². The minimum absolute atomic E-state index is 0.163. The Labute approximate surface area is 151 Å². The molecule has 2 aliphatic rings. The van der Waals surface area contributed by atoms with Crippen LogP contribution in [-0.4, -0.2) is 52.0 Å². The number of hydrogen-bond acceptors (Lipinski definition) is 5. The summed E-state index contributed by atoms with van der Waals surface area (Å²) < 4.78 is 5.34. The Morgan fingerprint density at radius 3 is 2.56 bits per heavy atom. The smallest absolute Gasteiger partial charge is 0.240 e. The first-order valence-corrected chi connectivity index (χ1v) is 9.12. The molecule has 7 heteroatoms. The normalized spacial score (nSPS) is 18.5. The van der Waals surface area contributed by atoms with Crippen molar-refractivity contribution in [1.29, 1.82) is 0 Å². The highest BCUT2D eigenvalue weighted by Gasteiger charge is 2.29. The Hall–Kier alpha value is -1.92. The van der Waals surface area contributed by atoms with Gasteiger partial charge in [-0.3, -0.25) is 9.69 Å². The zero-order chi connectivity index (χ0) is 17.2. The molecule has 25 heavy (non-hydrogen) atoms. The number of carbonyl (C=O) groups is 1. The van der Waals surface area contributed by atoms with Crippen molar-refractivity contribution in [2.75, 3.05) is 26.2 Å². The second-order valence-electron chi connectivity index (χ2n) is 6.78. The lowest BCUT2D eigenvalue weighted by Gasteiger charge is -2.34. The van der Waals surface area contributed by atoms with Crippen molar-refractivity contribution in [2.24, 2.45) is 0 Å². The van der Waals surface area contributed by atoms with E-state index in [1.807, 2.05) is 29.2 Å². The summed E-state index contributed by atoms with van der Waals surface area (Å²) in [6.07, 6.45) is 2.77. The number of amides is 1. The molecule has 0 radical (unpaired) electrons. The van der Waals surface area contributed by atoms with Crippen molar-refractivity contribution in [3.63, 3.8) is 0 Å². The van der Waals surface area contributed by atoms with Gasteiger partial charge in [-0.05, 0) is 30.5 Å². The maximum Gasteiger partial charge on any atom is 0.240 e. The maximum absolute atomic E-state index is 12.4. The Kier molecular flexibility index (Phi) is 4.72. The van der Waals surface area contributed by atoms with E-state index in [4.69, 9.17) is 16.1 Å². The van der Waals surface area contributed by atoms with Crippen LogP contribution in [0.15, 0.2) is 28.8 Å². The SMILES string of the molecule is O=C(Cc1ccc(Cl)cc1)N1CCN(Cc2nc(C3CC3)no2)CC1. The maximum atomic E-state index is 12.4. The van der Waals surface area contributed by atoms with Gasteiger partial charge in [0.05, 0.1) is 13.0 Å². The van der Waals surface area contributed by atoms with Crippen molar-refractivity contribution < 1.29 is 9.32 Å². The van der Waals surface area contributed by atoms with Crippen molar-refractivity contribution in [1.82, 2.24) is 19.9 Å². The Balaban J connectivity index is 1.25. The summed E-state index contributed by atoms with van der Waals surface area (Å²) in [5.41, 5.74) is 0.996. The van der Waals surface area contributed by atoms with E-state index in [0.29, 0.717) is 29.8 Å². The molecule has 0 atom stereocenters. The van der Waals surface area contributed by atoms with E-state index < -0.39 is 0 Å². The summed E-state index contributed by atoms with van der Waals surface area (Å²) in [7, 11) is 0. The van der Waals surface area contributed by atoms with Gasteiger partial charge in [0.1, 0.15) is 0 Å². The van der Waals surface area contributed by atoms with Crippen LogP contribution >= 0.6 is 11.6 Å². The molecule has 2 heterocycles. The standard InChI is InChI=1S/C18H21ClN4O2/c19-15-5-1-13(2-6-15)11-17(24)23-9-7-22(8-10-23)12-16-20-18(21-25-16)14-3-4-14/h1-2,5-6,14H,3-4,7-12H2. The zero-order valence-corrected chi connectivity index (χ0v) is 14.8. The molecule has 2 fully saturated rings. The van der Waals surface area contributed by atoms with Gasteiger partial charge in [0, 0.05) is 37.1 Å². The first-order valence-electron chi connectivity index (χ1n) is 8.74. The Morgan fingerprint density at radius 1 is 1.16 bits per heavy atom. The van der Waals surface area contributed by atoms with Gasteiger partial charge >= 0.3 is 0 Å². The molecule has 132 valence electrons. The molecule has 1 aliphatic carbocycles. The van der Waals surface area contributed by atoms with Gasteiger partial charge in [-0.2, -0.15) is 4.98 Å². The number of hydrogen-bond donors (Lipinski definition) is 0. The van der Waals surface area contributed by atoms with Crippen LogP contribution in [0, 0.1) is 0 Å². The third-order valence-electron chi connectivity index (χ3n) is 4.78. The molecule has 0 bridgehead atoms. The first-order chi connectivity index (χ1) is 12.2. The first kappa shape index (κ1) is 16.5. The summed E-state index contributed by atoms with van der Waals surface area (Å²) in [4.78, 5) is 21.1. The van der Waals surface area contributed by atoms with Crippen molar-refractivity contribution >= 4 is 17.5 Å². The number of benzene rings is 1. The van der Waals surface area contributed by atoms with Crippen molar-refractivity contribution in [3.8, 4) is 0 Å². The van der Waals surface area contributed by atoms with E-state index in [0.717, 1.165) is 37.6 Å². The number of piperazine rings is 1. The summed E-state index contributed by atoms with van der Waals surface area (Å²) in [5, 5.41) is 4.74. The fourth-order valence-electron chi connectivity index (χ4n) is 3.07. The highest BCUT2D eigenvalue weighted by atomic mass is 35.5. The molecule has 1 amide bonds. The molecule has 1 aromatic heterocycles. The number of carbonyl (C=O) groups excluding carboxylic acids is 1. The van der Waals surface area contributed by atoms with E-state index in [2.05, 4.69) is 15.0 Å². The summed E-state index contributed by atoms with van der Waals surface area (Å²) in [6, 6.07) is 7.46. The number of nitrogens with zero attached hydrogens (tertiary/aromatic N) is 4. The van der Waals surface area contributed by atoms with Gasteiger partial charge in [-0.15, -0.1) is 0 Å². The minimum Gasteiger partial charge on any atom is -0.340 e. The molecule has 1 saturated carbocycles. The molecular formula is C18H21ClN4O2. The molecular weight excluding hydrogens is 340 g/mol. The van der Waals surface area contributed by atoms with E-state index in [1.165, 1.54) is 12.8 Å². The van der Waals surface area contributed by atoms with Crippen LogP contribution in [0.2, 0.25) is 5.02 Å². The summed E-state index contributed by atoms with van der Waals surface area (Å²) in [6.45, 7) is 3.78. The number of halogens is 1. The van der Waals surface area contributed by atoms with E-state index in [-0.39, 0.29) is 5.91 Å². The lowest BCUT2D eigenvalue weighted by atomic mass is 10.1. The highest BCUT2D eigenvalue weighted by molar-refractivity contribution is 6.30. The molecule has 0 N–H and O–H groups in total. The fourth-order valence-corrected chi connectivity index (χ4v) is 3.20.